The molecule has 0 bridgehead atoms. The largest absolute Gasteiger partial charge is 0.438 e. The van der Waals surface area contributed by atoms with E-state index in [-0.39, 0.29) is 63.7 Å². The molecule has 2 saturated carbocycles. The van der Waals surface area contributed by atoms with Gasteiger partial charge in [-0.3, -0.25) is 23.4 Å². The van der Waals surface area contributed by atoms with Crippen LogP contribution in [0.25, 0.3) is 16.6 Å². The number of carbonyl (C=O) groups excluding carboxylic acids is 1. The SMILES string of the molecule is CN=[S@](=O)(c1ccc(-n2ccn(C(=Nc3cc(C)c(F)c(C)c3)C3=C(N)CCN(C(=O)c4cc5cc([C@H]6CCOC(C)(C)C6)ccc5n4[C@@]4(c5noc(=O)[nH]5)C[C@@H]4C)[C@H]3C)c2=O)c(F)c1NC)C1CC1. The molecule has 2 aliphatic carbocycles. The summed E-state index contributed by atoms with van der Waals surface area (Å²) in [5, 5.41) is 7.68. The summed E-state index contributed by atoms with van der Waals surface area (Å²) in [6.45, 7) is 12.1. The molecule has 16 nitrogen and oxygen atoms in total. The predicted molar refractivity (Wildman–Crippen MR) is 264 cm³/mol. The number of halogens is 2. The second-order valence-corrected chi connectivity index (χ2v) is 22.5. The third-order valence-corrected chi connectivity index (χ3v) is 17.8. The molecule has 10 rings (SSSR count). The summed E-state index contributed by atoms with van der Waals surface area (Å²) in [5.41, 5.74) is 8.90. The first kappa shape index (κ1) is 47.1. The Kier molecular flexibility index (Phi) is 11.5. The summed E-state index contributed by atoms with van der Waals surface area (Å²) in [4.78, 5) is 52.6. The van der Waals surface area contributed by atoms with Crippen molar-refractivity contribution in [1.29, 1.82) is 0 Å². The van der Waals surface area contributed by atoms with Crippen molar-refractivity contribution in [1.82, 2.24) is 28.7 Å². The van der Waals surface area contributed by atoms with Gasteiger partial charge in [0.15, 0.2) is 11.6 Å². The van der Waals surface area contributed by atoms with Gasteiger partial charge in [0.1, 0.15) is 22.9 Å². The Morgan fingerprint density at radius 2 is 1.73 bits per heavy atom. The van der Waals surface area contributed by atoms with Crippen LogP contribution in [0.5, 0.6) is 0 Å². The van der Waals surface area contributed by atoms with E-state index in [4.69, 9.17) is 20.0 Å². The van der Waals surface area contributed by atoms with Crippen LogP contribution in [-0.4, -0.2) is 88.8 Å². The summed E-state index contributed by atoms with van der Waals surface area (Å²) in [5.74, 6) is -1.66. The van der Waals surface area contributed by atoms with E-state index >= 15 is 13.6 Å². The smallest absolute Gasteiger partial charge is 0.402 e. The summed E-state index contributed by atoms with van der Waals surface area (Å²) < 4.78 is 65.5. The number of fused-ring (bicyclic) bond motifs is 1. The molecule has 4 aliphatic rings. The number of H-pyrrole nitrogens is 1. The molecule has 5 heterocycles. The lowest BCUT2D eigenvalue weighted by atomic mass is 9.83. The van der Waals surface area contributed by atoms with Gasteiger partial charge in [-0.25, -0.2) is 31.9 Å². The number of anilines is 1. The molecular weight excluding hydrogens is 919 g/mol. The number of hydrogen-bond acceptors (Lipinski definition) is 11. The highest BCUT2D eigenvalue weighted by Crippen LogP contribution is 2.56. The lowest BCUT2D eigenvalue weighted by molar-refractivity contribution is -0.0592. The molecule has 0 unspecified atom stereocenters. The fourth-order valence-corrected chi connectivity index (χ4v) is 13.4. The minimum atomic E-state index is -2.94. The van der Waals surface area contributed by atoms with Gasteiger partial charge in [0.2, 0.25) is 0 Å². The second-order valence-electron chi connectivity index (χ2n) is 19.9. The fraction of sp³-hybridized carbons (Fsp3) is 0.431. The quantitative estimate of drug-likeness (QED) is 0.0899. The summed E-state index contributed by atoms with van der Waals surface area (Å²) in [7, 11) is 0.0607. The van der Waals surface area contributed by atoms with E-state index in [1.54, 1.807) is 36.9 Å². The zero-order valence-corrected chi connectivity index (χ0v) is 41.4. The average molecular weight is 977 g/mol. The standard InChI is InChI=1S/C51H58F2N10O6S/c1-27-21-34(22-28(2)42(27)52)57-45(62-19-18-61(49(62)66)38-13-14-40(44(55-7)43(38)53)70(67,56-8)35-10-11-35)41-30(4)60(17-15-36(41)54)46(64)39-24-33-23-31(32-16-20-68-50(5,6)26-32)9-12-37(33)63(39)51(25-29(51)3)47-58-48(65)69-59-47/h9,12-14,18-19,21-24,29-30,32,35,55H,10-11,15-17,20,25-26,54H2,1-8H3,(H,58,59,65)/t29-,30-,32-,51-,70+/m0/s1. The van der Waals surface area contributed by atoms with Crippen LogP contribution in [0.3, 0.4) is 0 Å². The monoisotopic (exact) mass is 976 g/mol. The van der Waals surface area contributed by atoms with E-state index < -0.39 is 44.4 Å². The van der Waals surface area contributed by atoms with Crippen molar-refractivity contribution in [3.05, 3.63) is 133 Å². The molecule has 4 N–H and O–H groups in total. The van der Waals surface area contributed by atoms with Gasteiger partial charge in [-0.1, -0.05) is 18.1 Å². The summed E-state index contributed by atoms with van der Waals surface area (Å²) in [6, 6.07) is 13.5. The second kappa shape index (κ2) is 17.1. The number of rotatable bonds is 10. The van der Waals surface area contributed by atoms with Crippen LogP contribution in [0, 0.1) is 31.4 Å². The third-order valence-electron chi connectivity index (χ3n) is 14.9. The molecule has 19 heteroatoms. The van der Waals surface area contributed by atoms with Crippen LogP contribution in [0.15, 0.2) is 101 Å². The Balaban J connectivity index is 1.09. The predicted octanol–water partition coefficient (Wildman–Crippen LogP) is 8.01. The van der Waals surface area contributed by atoms with Crippen LogP contribution in [0.2, 0.25) is 0 Å². The number of aromatic nitrogens is 5. The maximum Gasteiger partial charge on any atom is 0.438 e. The maximum absolute atomic E-state index is 16.7. The van der Waals surface area contributed by atoms with E-state index in [0.29, 0.717) is 65.5 Å². The molecule has 0 radical (unpaired) electrons. The molecule has 3 fully saturated rings. The molecule has 1 amide bonds. The van der Waals surface area contributed by atoms with Crippen LogP contribution >= 0.6 is 0 Å². The first-order chi connectivity index (χ1) is 33.3. The number of nitrogens with zero attached hydrogens (tertiary/aromatic N) is 7. The number of aromatic amines is 1. The number of nitrogens with one attached hydrogen (secondary N) is 2. The van der Waals surface area contributed by atoms with Crippen LogP contribution in [0.1, 0.15) is 105 Å². The number of nitrogens with two attached hydrogens (primary N) is 1. The lowest BCUT2D eigenvalue weighted by Crippen LogP contribution is -2.49. The van der Waals surface area contributed by atoms with Crippen molar-refractivity contribution in [2.24, 2.45) is 21.0 Å². The lowest BCUT2D eigenvalue weighted by Gasteiger charge is -2.37. The normalized spacial score (nSPS) is 23.4. The topological polar surface area (TPSA) is 200 Å². The molecule has 6 aromatic rings. The van der Waals surface area contributed by atoms with Gasteiger partial charge >= 0.3 is 11.4 Å². The first-order valence-electron chi connectivity index (χ1n) is 23.8. The van der Waals surface area contributed by atoms with Crippen LogP contribution < -0.4 is 22.5 Å². The van der Waals surface area contributed by atoms with Crippen molar-refractivity contribution in [2.45, 2.75) is 113 Å². The maximum atomic E-state index is 16.7. The number of hydrogen-bond donors (Lipinski definition) is 3. The van der Waals surface area contributed by atoms with Crippen LogP contribution in [0.4, 0.5) is 20.2 Å². The Morgan fingerprint density at radius 3 is 2.36 bits per heavy atom. The Labute approximate surface area is 403 Å². The van der Waals surface area contributed by atoms with E-state index in [1.165, 1.54) is 37.1 Å². The third kappa shape index (κ3) is 7.62. The van der Waals surface area contributed by atoms with Gasteiger partial charge < -0.3 is 25.3 Å². The van der Waals surface area contributed by atoms with E-state index in [1.807, 2.05) is 30.5 Å². The molecule has 5 atom stereocenters. The Hall–Kier alpha value is -6.60. The first-order valence-corrected chi connectivity index (χ1v) is 25.4. The number of aryl methyl sites for hydroxylation is 2. The van der Waals surface area contributed by atoms with Crippen LogP contribution in [-0.2, 0) is 20.0 Å². The number of benzene rings is 3. The van der Waals surface area contributed by atoms with Gasteiger partial charge in [-0.2, -0.15) is 0 Å². The fourth-order valence-electron chi connectivity index (χ4n) is 11.0. The van der Waals surface area contributed by atoms with E-state index in [0.717, 1.165) is 33.9 Å². The molecule has 2 aliphatic heterocycles. The van der Waals surface area contributed by atoms with Gasteiger partial charge in [-0.15, -0.1) is 0 Å². The number of ether oxygens (including phenoxy) is 1. The molecule has 3 aromatic heterocycles. The average Bonchev–Trinajstić information content (AvgIpc) is 4.15. The molecule has 3 aromatic carbocycles. The van der Waals surface area contributed by atoms with Gasteiger partial charge in [0.25, 0.3) is 5.91 Å². The van der Waals surface area contributed by atoms with E-state index in [9.17, 15) is 13.8 Å². The van der Waals surface area contributed by atoms with Crippen molar-refractivity contribution in [3.8, 4) is 5.69 Å². The zero-order valence-electron chi connectivity index (χ0n) is 40.6. The summed E-state index contributed by atoms with van der Waals surface area (Å²) in [6.07, 6.45) is 6.75. The Morgan fingerprint density at radius 1 is 1.00 bits per heavy atom. The number of carbonyl (C=O) groups is 1. The highest BCUT2D eigenvalue weighted by Gasteiger charge is 2.59. The highest BCUT2D eigenvalue weighted by atomic mass is 32.2. The minimum Gasteiger partial charge on any atom is -0.402 e. The molecule has 0 spiro atoms. The number of amides is 1. The van der Waals surface area contributed by atoms with Crippen molar-refractivity contribution in [3.63, 3.8) is 0 Å². The number of aliphatic imine (C=N–C) groups is 1. The molecule has 368 valence electrons. The zero-order chi connectivity index (χ0) is 49.8. The molecular formula is C51H58F2N10O6S. The van der Waals surface area contributed by atoms with Gasteiger partial charge in [-0.05, 0) is 138 Å². The highest BCUT2D eigenvalue weighted by molar-refractivity contribution is 7.94. The molecule has 70 heavy (non-hydrogen) atoms. The van der Waals surface area contributed by atoms with Gasteiger partial charge in [0, 0.05) is 73.5 Å². The number of imidazole rings is 1. The van der Waals surface area contributed by atoms with Gasteiger partial charge in [0.05, 0.1) is 43.3 Å². The van der Waals surface area contributed by atoms with Crippen molar-refractivity contribution >= 4 is 43.7 Å². The van der Waals surface area contributed by atoms with E-state index in [2.05, 4.69) is 45.8 Å². The van der Waals surface area contributed by atoms with Crippen molar-refractivity contribution in [2.75, 3.05) is 32.6 Å². The molecule has 1 saturated heterocycles. The van der Waals surface area contributed by atoms with Crippen molar-refractivity contribution < 1.29 is 27.0 Å². The Bertz CT molecular complexity index is 3430. The summed E-state index contributed by atoms with van der Waals surface area (Å²) >= 11 is 0. The minimum absolute atomic E-state index is 0.0220.